The highest BCUT2D eigenvalue weighted by molar-refractivity contribution is 7.90. The smallest absolute Gasteiger partial charge is 0.227 e. The van der Waals surface area contributed by atoms with Gasteiger partial charge < -0.3 is 4.57 Å². The van der Waals surface area contributed by atoms with E-state index >= 15 is 0 Å². The molecule has 0 fully saturated rings. The molecule has 1 rings (SSSR count). The average molecular weight is 251 g/mol. The SMILES string of the molecule is CCCCn1c(CCl)cnc1S(C)(=O)=O. The lowest BCUT2D eigenvalue weighted by Gasteiger charge is -2.08. The third-order valence-electron chi connectivity index (χ3n) is 2.11. The van der Waals surface area contributed by atoms with Gasteiger partial charge in [-0.15, -0.1) is 11.6 Å². The maximum absolute atomic E-state index is 11.4. The molecule has 0 amide bonds. The molecule has 0 N–H and O–H groups in total. The molecule has 6 heteroatoms. The van der Waals surface area contributed by atoms with E-state index in [-0.39, 0.29) is 11.0 Å². The molecular formula is C9H15ClN2O2S. The molecule has 0 aromatic carbocycles. The Morgan fingerprint density at radius 3 is 2.67 bits per heavy atom. The van der Waals surface area contributed by atoms with Gasteiger partial charge in [0.1, 0.15) is 0 Å². The van der Waals surface area contributed by atoms with Crippen molar-refractivity contribution in [2.75, 3.05) is 6.26 Å². The van der Waals surface area contributed by atoms with Gasteiger partial charge >= 0.3 is 0 Å². The molecule has 4 nitrogen and oxygen atoms in total. The van der Waals surface area contributed by atoms with Crippen LogP contribution in [0.2, 0.25) is 0 Å². The normalized spacial score (nSPS) is 11.9. The predicted octanol–water partition coefficient (Wildman–Crippen LogP) is 1.83. The molecule has 1 aromatic heterocycles. The third-order valence-corrected chi connectivity index (χ3v) is 3.37. The quantitative estimate of drug-likeness (QED) is 0.749. The van der Waals surface area contributed by atoms with Crippen LogP contribution in [0, 0.1) is 0 Å². The zero-order valence-corrected chi connectivity index (χ0v) is 10.5. The van der Waals surface area contributed by atoms with E-state index < -0.39 is 9.84 Å². The maximum Gasteiger partial charge on any atom is 0.227 e. The Labute approximate surface area is 95.2 Å². The summed E-state index contributed by atoms with van der Waals surface area (Å²) in [7, 11) is -3.26. The van der Waals surface area contributed by atoms with Gasteiger partial charge in [-0.3, -0.25) is 0 Å². The summed E-state index contributed by atoms with van der Waals surface area (Å²) in [5.74, 6) is 0.284. The zero-order chi connectivity index (χ0) is 11.5. The van der Waals surface area contributed by atoms with Crippen LogP contribution in [-0.2, 0) is 22.3 Å². The van der Waals surface area contributed by atoms with Gasteiger partial charge in [0.2, 0.25) is 15.0 Å². The maximum atomic E-state index is 11.4. The molecule has 1 heterocycles. The summed E-state index contributed by atoms with van der Waals surface area (Å²) in [5, 5.41) is 0.117. The van der Waals surface area contributed by atoms with E-state index in [1.165, 1.54) is 6.20 Å². The lowest BCUT2D eigenvalue weighted by Crippen LogP contribution is -2.11. The van der Waals surface area contributed by atoms with Crippen LogP contribution in [0.4, 0.5) is 0 Å². The molecule has 0 bridgehead atoms. The van der Waals surface area contributed by atoms with Crippen molar-refractivity contribution < 1.29 is 8.42 Å². The predicted molar refractivity (Wildman–Crippen MR) is 59.8 cm³/mol. The van der Waals surface area contributed by atoms with Crippen molar-refractivity contribution in [2.24, 2.45) is 0 Å². The van der Waals surface area contributed by atoms with E-state index in [2.05, 4.69) is 11.9 Å². The van der Waals surface area contributed by atoms with Crippen LogP contribution in [0.1, 0.15) is 25.5 Å². The molecule has 0 aliphatic rings. The average Bonchev–Trinajstić information content (AvgIpc) is 2.56. The van der Waals surface area contributed by atoms with E-state index in [1.807, 2.05) is 0 Å². The van der Waals surface area contributed by atoms with Crippen LogP contribution < -0.4 is 0 Å². The van der Waals surface area contributed by atoms with Gasteiger partial charge in [-0.2, -0.15) is 0 Å². The van der Waals surface area contributed by atoms with Gasteiger partial charge in [0.25, 0.3) is 0 Å². The first-order chi connectivity index (χ1) is 7.00. The van der Waals surface area contributed by atoms with Crippen LogP contribution in [0.25, 0.3) is 0 Å². The zero-order valence-electron chi connectivity index (χ0n) is 8.90. The second kappa shape index (κ2) is 4.99. The van der Waals surface area contributed by atoms with Crippen molar-refractivity contribution in [1.82, 2.24) is 9.55 Å². The molecular weight excluding hydrogens is 236 g/mol. The number of nitrogens with zero attached hydrogens (tertiary/aromatic N) is 2. The van der Waals surface area contributed by atoms with E-state index in [4.69, 9.17) is 11.6 Å². The van der Waals surface area contributed by atoms with Crippen molar-refractivity contribution in [2.45, 2.75) is 37.3 Å². The Balaban J connectivity index is 3.12. The molecule has 0 saturated carbocycles. The Morgan fingerprint density at radius 1 is 1.53 bits per heavy atom. The molecule has 0 aliphatic heterocycles. The molecule has 0 atom stereocenters. The summed E-state index contributed by atoms with van der Waals surface area (Å²) in [6.45, 7) is 2.71. The van der Waals surface area contributed by atoms with Crippen molar-refractivity contribution in [3.63, 3.8) is 0 Å². The van der Waals surface area contributed by atoms with E-state index in [0.29, 0.717) is 6.54 Å². The van der Waals surface area contributed by atoms with Crippen molar-refractivity contribution >= 4 is 21.4 Å². The number of unbranched alkanes of at least 4 members (excludes halogenated alkanes) is 1. The second-order valence-electron chi connectivity index (χ2n) is 3.44. The Kier molecular flexibility index (Phi) is 4.16. The van der Waals surface area contributed by atoms with Gasteiger partial charge in [-0.1, -0.05) is 13.3 Å². The van der Waals surface area contributed by atoms with E-state index in [9.17, 15) is 8.42 Å². The van der Waals surface area contributed by atoms with Crippen molar-refractivity contribution in [1.29, 1.82) is 0 Å². The molecule has 0 radical (unpaired) electrons. The molecule has 0 aliphatic carbocycles. The Hall–Kier alpha value is -0.550. The third kappa shape index (κ3) is 2.95. The van der Waals surface area contributed by atoms with Gasteiger partial charge in [0.05, 0.1) is 17.8 Å². The minimum Gasteiger partial charge on any atom is -0.318 e. The van der Waals surface area contributed by atoms with Crippen LogP contribution in [-0.4, -0.2) is 24.2 Å². The standard InChI is InChI=1S/C9H15ClN2O2S/c1-3-4-5-12-8(6-10)7-11-9(12)15(2,13)14/h7H,3-6H2,1-2H3. The molecule has 0 spiro atoms. The minimum absolute atomic E-state index is 0.117. The lowest BCUT2D eigenvalue weighted by molar-refractivity contribution is 0.541. The highest BCUT2D eigenvalue weighted by Gasteiger charge is 2.17. The lowest BCUT2D eigenvalue weighted by atomic mass is 10.3. The molecule has 0 unspecified atom stereocenters. The first kappa shape index (κ1) is 12.5. The number of hydrogen-bond acceptors (Lipinski definition) is 3. The number of hydrogen-bond donors (Lipinski definition) is 0. The fourth-order valence-corrected chi connectivity index (χ4v) is 2.42. The summed E-state index contributed by atoms with van der Waals surface area (Å²) in [4.78, 5) is 3.90. The van der Waals surface area contributed by atoms with Crippen molar-refractivity contribution in [3.05, 3.63) is 11.9 Å². The highest BCUT2D eigenvalue weighted by Crippen LogP contribution is 2.14. The van der Waals surface area contributed by atoms with Crippen molar-refractivity contribution in [3.8, 4) is 0 Å². The minimum atomic E-state index is -3.26. The number of halogens is 1. The topological polar surface area (TPSA) is 52.0 Å². The highest BCUT2D eigenvalue weighted by atomic mass is 35.5. The molecule has 15 heavy (non-hydrogen) atoms. The molecule has 1 aromatic rings. The summed E-state index contributed by atoms with van der Waals surface area (Å²) < 4.78 is 24.5. The Morgan fingerprint density at radius 2 is 2.20 bits per heavy atom. The summed E-state index contributed by atoms with van der Waals surface area (Å²) in [6.07, 6.45) is 4.61. The second-order valence-corrected chi connectivity index (χ2v) is 5.62. The van der Waals surface area contributed by atoms with Gasteiger partial charge in [-0.05, 0) is 6.42 Å². The monoisotopic (exact) mass is 250 g/mol. The van der Waals surface area contributed by atoms with Crippen LogP contribution >= 0.6 is 11.6 Å². The number of aromatic nitrogens is 2. The Bertz CT molecular complexity index is 425. The first-order valence-electron chi connectivity index (χ1n) is 4.81. The van der Waals surface area contributed by atoms with Crippen LogP contribution in [0.15, 0.2) is 11.4 Å². The summed E-state index contributed by atoms with van der Waals surface area (Å²) in [6, 6.07) is 0. The van der Waals surface area contributed by atoms with Gasteiger partial charge in [0, 0.05) is 12.8 Å². The number of imidazole rings is 1. The molecule has 0 saturated heterocycles. The fourth-order valence-electron chi connectivity index (χ4n) is 1.35. The summed E-state index contributed by atoms with van der Waals surface area (Å²) >= 11 is 5.72. The molecule has 86 valence electrons. The van der Waals surface area contributed by atoms with Gasteiger partial charge in [-0.25, -0.2) is 13.4 Å². The number of sulfone groups is 1. The van der Waals surface area contributed by atoms with E-state index in [1.54, 1.807) is 4.57 Å². The largest absolute Gasteiger partial charge is 0.318 e. The number of rotatable bonds is 5. The first-order valence-corrected chi connectivity index (χ1v) is 7.23. The fraction of sp³-hybridized carbons (Fsp3) is 0.667. The summed E-state index contributed by atoms with van der Waals surface area (Å²) in [5.41, 5.74) is 0.755. The van der Waals surface area contributed by atoms with E-state index in [0.717, 1.165) is 24.8 Å². The van der Waals surface area contributed by atoms with Crippen LogP contribution in [0.5, 0.6) is 0 Å². The van der Waals surface area contributed by atoms with Crippen LogP contribution in [0.3, 0.4) is 0 Å². The van der Waals surface area contributed by atoms with Gasteiger partial charge in [0.15, 0.2) is 0 Å². The number of alkyl halides is 1.